The van der Waals surface area contributed by atoms with Crippen molar-refractivity contribution in [1.29, 1.82) is 0 Å². The first kappa shape index (κ1) is 41.3. The zero-order valence-electron chi connectivity index (χ0n) is 34.8. The molecule has 6 aromatic carbocycles. The van der Waals surface area contributed by atoms with E-state index in [-0.39, 0.29) is 17.9 Å². The van der Waals surface area contributed by atoms with Crippen LogP contribution in [0.3, 0.4) is 0 Å². The summed E-state index contributed by atoms with van der Waals surface area (Å²) < 4.78 is 33.9. The van der Waals surface area contributed by atoms with Crippen molar-refractivity contribution in [3.05, 3.63) is 159 Å². The van der Waals surface area contributed by atoms with E-state index in [2.05, 4.69) is 36.4 Å². The Kier molecular flexibility index (Phi) is 12.6. The highest BCUT2D eigenvalue weighted by atomic mass is 16.5. The van der Waals surface area contributed by atoms with Gasteiger partial charge in [-0.2, -0.15) is 0 Å². The molecule has 6 aromatic rings. The second-order valence-corrected chi connectivity index (χ2v) is 14.4. The van der Waals surface area contributed by atoms with Crippen LogP contribution in [0.15, 0.2) is 109 Å². The number of carbonyl (C=O) groups excluding carboxylic acids is 3. The minimum atomic E-state index is -0.366. The van der Waals surface area contributed by atoms with Gasteiger partial charge in [0.1, 0.15) is 17.2 Å². The zero-order chi connectivity index (χ0) is 42.3. The van der Waals surface area contributed by atoms with E-state index < -0.39 is 0 Å². The van der Waals surface area contributed by atoms with Crippen LogP contribution < -0.4 is 14.2 Å². The summed E-state index contributed by atoms with van der Waals surface area (Å²) in [7, 11) is 5.02. The summed E-state index contributed by atoms with van der Waals surface area (Å²) in [5, 5.41) is 0. The summed E-state index contributed by atoms with van der Waals surface area (Å²) >= 11 is 0. The fourth-order valence-corrected chi connectivity index (χ4v) is 7.79. The van der Waals surface area contributed by atoms with Gasteiger partial charge in [0.25, 0.3) is 0 Å². The number of benzene rings is 6. The molecule has 0 aromatic heterocycles. The molecular weight excluding hydrogens is 757 g/mol. The molecule has 0 N–H and O–H groups in total. The number of hydrogen-bond donors (Lipinski definition) is 0. The van der Waals surface area contributed by atoms with Gasteiger partial charge < -0.3 is 28.4 Å². The lowest BCUT2D eigenvalue weighted by Crippen LogP contribution is -2.04. The molecule has 7 rings (SSSR count). The first-order valence-electron chi connectivity index (χ1n) is 20.1. The maximum absolute atomic E-state index is 12.5. The van der Waals surface area contributed by atoms with Gasteiger partial charge >= 0.3 is 17.9 Å². The lowest BCUT2D eigenvalue weighted by atomic mass is 9.89. The lowest BCUT2D eigenvalue weighted by Gasteiger charge is -2.18. The maximum atomic E-state index is 12.5. The van der Waals surface area contributed by atoms with Gasteiger partial charge in [-0.1, -0.05) is 36.4 Å². The summed E-state index contributed by atoms with van der Waals surface area (Å²) in [4.78, 5) is 37.4. The number of fused-ring (bicyclic) bond motifs is 3. The number of rotatable bonds is 12. The van der Waals surface area contributed by atoms with Crippen LogP contribution in [-0.4, -0.2) is 59.1 Å². The molecule has 0 aliphatic heterocycles. The maximum Gasteiger partial charge on any atom is 0.338 e. The molecule has 60 heavy (non-hydrogen) atoms. The van der Waals surface area contributed by atoms with E-state index in [4.69, 9.17) is 28.4 Å². The summed E-state index contributed by atoms with van der Waals surface area (Å²) in [5.74, 6) is 1.03. The summed E-state index contributed by atoms with van der Waals surface area (Å²) in [6.45, 7) is 6.26. The van der Waals surface area contributed by atoms with Crippen molar-refractivity contribution in [3.63, 3.8) is 0 Å². The van der Waals surface area contributed by atoms with Crippen molar-refractivity contribution >= 4 is 17.9 Å². The molecule has 9 nitrogen and oxygen atoms in total. The van der Waals surface area contributed by atoms with Crippen LogP contribution in [0.4, 0.5) is 0 Å². The highest BCUT2D eigenvalue weighted by Crippen LogP contribution is 2.42. The van der Waals surface area contributed by atoms with Gasteiger partial charge in [-0.25, -0.2) is 14.4 Å². The van der Waals surface area contributed by atoms with E-state index in [1.54, 1.807) is 78.5 Å². The Morgan fingerprint density at radius 2 is 0.617 bits per heavy atom. The molecule has 0 amide bonds. The molecule has 0 radical (unpaired) electrons. The minimum absolute atomic E-state index is 0.300. The lowest BCUT2D eigenvalue weighted by molar-refractivity contribution is 0.0517. The third-order valence-electron chi connectivity index (χ3n) is 10.8. The topological polar surface area (TPSA) is 107 Å². The van der Waals surface area contributed by atoms with E-state index in [0.717, 1.165) is 66.8 Å². The molecule has 0 atom stereocenters. The van der Waals surface area contributed by atoms with Crippen LogP contribution in [0.5, 0.6) is 17.2 Å². The molecule has 0 heterocycles. The van der Waals surface area contributed by atoms with Gasteiger partial charge in [0.05, 0.1) is 57.8 Å². The molecule has 0 bridgehead atoms. The zero-order valence-corrected chi connectivity index (χ0v) is 34.8. The number of esters is 3. The third kappa shape index (κ3) is 8.61. The Bertz CT molecular complexity index is 2250. The fourth-order valence-electron chi connectivity index (χ4n) is 7.79. The highest BCUT2D eigenvalue weighted by Gasteiger charge is 2.23. The quantitative estimate of drug-likeness (QED) is 0.0881. The Balaban J connectivity index is 1.40. The Morgan fingerprint density at radius 3 is 0.833 bits per heavy atom. The van der Waals surface area contributed by atoms with Gasteiger partial charge in [0.15, 0.2) is 0 Å². The molecule has 1 aliphatic carbocycles. The minimum Gasteiger partial charge on any atom is -0.496 e. The molecule has 0 fully saturated rings. The Morgan fingerprint density at radius 1 is 0.383 bits per heavy atom. The smallest absolute Gasteiger partial charge is 0.338 e. The standard InChI is InChI=1S/C51H48O9/c1-7-58-49(52)34-16-10-31(11-17-34)43-25-37-22-41-29-47(56-5)45(33-14-20-36(21-15-33)51(54)60-9-3)27-39(41)24-42-30-48(57-6)44(26-38(42)23-40(37)28-46(43)55-4)32-12-18-35(19-13-32)50(53)59-8-2/h10-21,25-30H,7-9,22-24H2,1-6H3. The first-order valence-corrected chi connectivity index (χ1v) is 20.1. The van der Waals surface area contributed by atoms with Crippen molar-refractivity contribution in [1.82, 2.24) is 0 Å². The van der Waals surface area contributed by atoms with Crippen LogP contribution in [0.2, 0.25) is 0 Å². The predicted molar refractivity (Wildman–Crippen MR) is 232 cm³/mol. The van der Waals surface area contributed by atoms with Crippen LogP contribution >= 0.6 is 0 Å². The average molecular weight is 805 g/mol. The van der Waals surface area contributed by atoms with Crippen LogP contribution in [0.25, 0.3) is 33.4 Å². The monoisotopic (exact) mass is 804 g/mol. The molecule has 0 spiro atoms. The third-order valence-corrected chi connectivity index (χ3v) is 10.8. The molecule has 0 saturated heterocycles. The molecule has 306 valence electrons. The van der Waals surface area contributed by atoms with Crippen molar-refractivity contribution < 1.29 is 42.8 Å². The van der Waals surface area contributed by atoms with Gasteiger partial charge in [-0.15, -0.1) is 0 Å². The molecule has 0 saturated carbocycles. The van der Waals surface area contributed by atoms with Gasteiger partial charge in [-0.3, -0.25) is 0 Å². The Labute approximate surface area is 350 Å². The fraction of sp³-hybridized carbons (Fsp3) is 0.235. The van der Waals surface area contributed by atoms with Gasteiger partial charge in [0, 0.05) is 16.7 Å². The average Bonchev–Trinajstić information content (AvgIpc) is 3.33. The van der Waals surface area contributed by atoms with E-state index in [1.807, 2.05) is 36.4 Å². The second-order valence-electron chi connectivity index (χ2n) is 14.4. The highest BCUT2D eigenvalue weighted by molar-refractivity contribution is 5.92. The van der Waals surface area contributed by atoms with Gasteiger partial charge in [0.2, 0.25) is 0 Å². The molecule has 9 heteroatoms. The van der Waals surface area contributed by atoms with Crippen LogP contribution in [0.1, 0.15) is 85.2 Å². The van der Waals surface area contributed by atoms with Crippen molar-refractivity contribution in [2.45, 2.75) is 40.0 Å². The second kappa shape index (κ2) is 18.4. The largest absolute Gasteiger partial charge is 0.496 e. The van der Waals surface area contributed by atoms with E-state index in [9.17, 15) is 14.4 Å². The summed E-state index contributed by atoms with van der Waals surface area (Å²) in [5.41, 5.74) is 13.5. The number of ether oxygens (including phenoxy) is 6. The SMILES string of the molecule is CCOC(=O)c1ccc(-c2cc3c(cc2OC)Cc2cc(-c4ccc(C(=O)OCC)cc4)c(OC)cc2Cc2cc(-c4ccc(C(=O)OCC)cc4)c(OC)cc2C3)cc1. The molecule has 0 unspecified atom stereocenters. The van der Waals surface area contributed by atoms with E-state index in [1.165, 1.54) is 0 Å². The van der Waals surface area contributed by atoms with Gasteiger partial charge in [-0.05, 0) is 163 Å². The van der Waals surface area contributed by atoms with Crippen molar-refractivity contribution in [2.75, 3.05) is 41.2 Å². The van der Waals surface area contributed by atoms with E-state index >= 15 is 0 Å². The van der Waals surface area contributed by atoms with Crippen LogP contribution in [0, 0.1) is 0 Å². The molecule has 1 aliphatic rings. The summed E-state index contributed by atoms with van der Waals surface area (Å²) in [6.07, 6.45) is 1.82. The van der Waals surface area contributed by atoms with Crippen molar-refractivity contribution in [2.24, 2.45) is 0 Å². The predicted octanol–water partition coefficient (Wildman–Crippen LogP) is 10.3. The van der Waals surface area contributed by atoms with E-state index in [0.29, 0.717) is 73.0 Å². The Hall–Kier alpha value is -6.87. The summed E-state index contributed by atoms with van der Waals surface area (Å²) in [6, 6.07) is 35.1. The van der Waals surface area contributed by atoms with Crippen molar-refractivity contribution in [3.8, 4) is 50.6 Å². The number of hydrogen-bond acceptors (Lipinski definition) is 9. The number of methoxy groups -OCH3 is 3. The molecular formula is C51H48O9. The normalized spacial score (nSPS) is 11.7. The first-order chi connectivity index (χ1) is 29.2. The van der Waals surface area contributed by atoms with Crippen LogP contribution in [-0.2, 0) is 33.5 Å². The number of carbonyl (C=O) groups is 3.